The van der Waals surface area contributed by atoms with Crippen LogP contribution in [0.25, 0.3) is 0 Å². The lowest BCUT2D eigenvalue weighted by Crippen LogP contribution is -2.41. The third-order valence-corrected chi connectivity index (χ3v) is 3.83. The summed E-state index contributed by atoms with van der Waals surface area (Å²) in [4.78, 5) is 4.23. The van der Waals surface area contributed by atoms with Gasteiger partial charge in [0.15, 0.2) is 0 Å². The highest BCUT2D eigenvalue weighted by Gasteiger charge is 2.51. The van der Waals surface area contributed by atoms with Crippen LogP contribution >= 0.6 is 0 Å². The SMILES string of the molecule is C=CCc1ncc(B2OC(C)(C)C(C)(C)O2)cc1O. The minimum atomic E-state index is -0.499. The van der Waals surface area contributed by atoms with Gasteiger partial charge in [-0.2, -0.15) is 0 Å². The zero-order chi connectivity index (χ0) is 14.3. The van der Waals surface area contributed by atoms with Crippen LogP contribution in [0.5, 0.6) is 5.75 Å². The fourth-order valence-corrected chi connectivity index (χ4v) is 1.90. The Balaban J connectivity index is 2.25. The van der Waals surface area contributed by atoms with Gasteiger partial charge in [-0.05, 0) is 33.8 Å². The second kappa shape index (κ2) is 4.65. The van der Waals surface area contributed by atoms with Crippen LogP contribution in [-0.4, -0.2) is 28.4 Å². The quantitative estimate of drug-likeness (QED) is 0.666. The van der Waals surface area contributed by atoms with Crippen LogP contribution in [-0.2, 0) is 15.7 Å². The molecule has 2 rings (SSSR count). The van der Waals surface area contributed by atoms with Crippen molar-refractivity contribution in [1.82, 2.24) is 4.98 Å². The molecule has 0 amide bonds. The molecule has 0 unspecified atom stereocenters. The predicted octanol–water partition coefficient (Wildman–Crippen LogP) is 1.81. The van der Waals surface area contributed by atoms with Crippen LogP contribution in [0.2, 0.25) is 0 Å². The molecule has 0 bridgehead atoms. The molecule has 1 fully saturated rings. The maximum atomic E-state index is 9.92. The first-order valence-corrected chi connectivity index (χ1v) is 6.41. The van der Waals surface area contributed by atoms with Crippen molar-refractivity contribution in [3.05, 3.63) is 30.6 Å². The predicted molar refractivity (Wildman–Crippen MR) is 75.5 cm³/mol. The van der Waals surface area contributed by atoms with Crippen molar-refractivity contribution in [3.63, 3.8) is 0 Å². The molecule has 0 radical (unpaired) electrons. The summed E-state index contributed by atoms with van der Waals surface area (Å²) < 4.78 is 11.8. The van der Waals surface area contributed by atoms with Crippen molar-refractivity contribution in [2.24, 2.45) is 0 Å². The first-order chi connectivity index (χ1) is 8.77. The third kappa shape index (κ3) is 2.53. The Morgan fingerprint density at radius 1 is 1.32 bits per heavy atom. The number of aromatic hydroxyl groups is 1. The van der Waals surface area contributed by atoms with E-state index in [1.165, 1.54) is 0 Å². The fourth-order valence-electron chi connectivity index (χ4n) is 1.90. The highest BCUT2D eigenvalue weighted by Crippen LogP contribution is 2.36. The molecular formula is C14H20BNO3. The van der Waals surface area contributed by atoms with Crippen molar-refractivity contribution in [3.8, 4) is 5.75 Å². The molecule has 0 aliphatic carbocycles. The van der Waals surface area contributed by atoms with E-state index in [9.17, 15) is 5.11 Å². The number of aromatic nitrogens is 1. The molecule has 102 valence electrons. The van der Waals surface area contributed by atoms with Gasteiger partial charge in [-0.3, -0.25) is 4.98 Å². The van der Waals surface area contributed by atoms with Crippen LogP contribution in [0.4, 0.5) is 0 Å². The molecule has 4 nitrogen and oxygen atoms in total. The molecule has 1 aliphatic rings. The summed E-state index contributed by atoms with van der Waals surface area (Å²) in [5.74, 6) is 0.145. The molecule has 0 saturated carbocycles. The first-order valence-electron chi connectivity index (χ1n) is 6.41. The minimum Gasteiger partial charge on any atom is -0.506 e. The molecule has 19 heavy (non-hydrogen) atoms. The van der Waals surface area contributed by atoms with Gasteiger partial charge in [-0.25, -0.2) is 0 Å². The van der Waals surface area contributed by atoms with Crippen molar-refractivity contribution < 1.29 is 14.4 Å². The maximum Gasteiger partial charge on any atom is 0.496 e. The maximum absolute atomic E-state index is 9.92. The summed E-state index contributed by atoms with van der Waals surface area (Å²) in [6.07, 6.45) is 3.92. The Bertz CT molecular complexity index is 483. The minimum absolute atomic E-state index is 0.145. The zero-order valence-corrected chi connectivity index (χ0v) is 11.9. The van der Waals surface area contributed by atoms with Crippen LogP contribution < -0.4 is 5.46 Å². The van der Waals surface area contributed by atoms with Gasteiger partial charge < -0.3 is 14.4 Å². The van der Waals surface area contributed by atoms with E-state index in [2.05, 4.69) is 11.6 Å². The zero-order valence-electron chi connectivity index (χ0n) is 11.9. The molecule has 2 heterocycles. The Morgan fingerprint density at radius 3 is 2.37 bits per heavy atom. The van der Waals surface area contributed by atoms with E-state index in [0.717, 1.165) is 5.46 Å². The third-order valence-electron chi connectivity index (χ3n) is 3.83. The van der Waals surface area contributed by atoms with E-state index < -0.39 is 18.3 Å². The second-order valence-electron chi connectivity index (χ2n) is 5.82. The van der Waals surface area contributed by atoms with Gasteiger partial charge in [-0.15, -0.1) is 6.58 Å². The number of allylic oxidation sites excluding steroid dienone is 1. The summed E-state index contributed by atoms with van der Waals surface area (Å²) in [6.45, 7) is 11.6. The second-order valence-corrected chi connectivity index (χ2v) is 5.82. The van der Waals surface area contributed by atoms with Gasteiger partial charge in [0.05, 0.1) is 16.9 Å². The van der Waals surface area contributed by atoms with Crippen molar-refractivity contribution in [2.45, 2.75) is 45.3 Å². The fraction of sp³-hybridized carbons (Fsp3) is 0.500. The monoisotopic (exact) mass is 261 g/mol. The summed E-state index contributed by atoms with van der Waals surface area (Å²) in [5.41, 5.74) is 0.541. The summed E-state index contributed by atoms with van der Waals surface area (Å²) >= 11 is 0. The normalized spacial score (nSPS) is 20.5. The number of pyridine rings is 1. The average molecular weight is 261 g/mol. The lowest BCUT2D eigenvalue weighted by atomic mass is 9.80. The van der Waals surface area contributed by atoms with E-state index in [4.69, 9.17) is 9.31 Å². The Hall–Kier alpha value is -1.33. The molecule has 1 saturated heterocycles. The lowest BCUT2D eigenvalue weighted by Gasteiger charge is -2.32. The Morgan fingerprint density at radius 2 is 1.89 bits per heavy atom. The lowest BCUT2D eigenvalue weighted by molar-refractivity contribution is 0.00578. The van der Waals surface area contributed by atoms with E-state index in [1.54, 1.807) is 18.3 Å². The molecule has 5 heteroatoms. The summed E-state index contributed by atoms with van der Waals surface area (Å²) in [7, 11) is -0.499. The number of hydrogen-bond acceptors (Lipinski definition) is 4. The molecule has 1 aromatic heterocycles. The Labute approximate surface area is 114 Å². The van der Waals surface area contributed by atoms with Crippen molar-refractivity contribution >= 4 is 12.6 Å². The van der Waals surface area contributed by atoms with Gasteiger partial charge in [0.25, 0.3) is 0 Å². The Kier molecular flexibility index (Phi) is 3.45. The molecule has 0 spiro atoms. The summed E-state index contributed by atoms with van der Waals surface area (Å²) in [5, 5.41) is 9.92. The van der Waals surface area contributed by atoms with Crippen LogP contribution in [0, 0.1) is 0 Å². The van der Waals surface area contributed by atoms with Gasteiger partial charge in [0, 0.05) is 18.1 Å². The smallest absolute Gasteiger partial charge is 0.496 e. The van der Waals surface area contributed by atoms with E-state index in [-0.39, 0.29) is 5.75 Å². The molecule has 0 atom stereocenters. The van der Waals surface area contributed by atoms with Crippen LogP contribution in [0.1, 0.15) is 33.4 Å². The van der Waals surface area contributed by atoms with E-state index in [0.29, 0.717) is 12.1 Å². The van der Waals surface area contributed by atoms with E-state index in [1.807, 2.05) is 27.7 Å². The number of rotatable bonds is 3. The molecule has 1 aliphatic heterocycles. The van der Waals surface area contributed by atoms with Crippen molar-refractivity contribution in [2.75, 3.05) is 0 Å². The topological polar surface area (TPSA) is 51.6 Å². The molecular weight excluding hydrogens is 241 g/mol. The van der Waals surface area contributed by atoms with Gasteiger partial charge in [-0.1, -0.05) is 6.08 Å². The molecule has 1 N–H and O–H groups in total. The highest BCUT2D eigenvalue weighted by molar-refractivity contribution is 6.62. The molecule has 1 aromatic rings. The largest absolute Gasteiger partial charge is 0.506 e. The van der Waals surface area contributed by atoms with Gasteiger partial charge >= 0.3 is 7.12 Å². The molecule has 0 aromatic carbocycles. The van der Waals surface area contributed by atoms with Gasteiger partial charge in [0.1, 0.15) is 5.75 Å². The summed E-state index contributed by atoms with van der Waals surface area (Å²) in [6, 6.07) is 1.65. The van der Waals surface area contributed by atoms with Crippen LogP contribution in [0.15, 0.2) is 24.9 Å². The first kappa shape index (κ1) is 14.1. The number of nitrogens with zero attached hydrogens (tertiary/aromatic N) is 1. The van der Waals surface area contributed by atoms with Gasteiger partial charge in [0.2, 0.25) is 0 Å². The van der Waals surface area contributed by atoms with Crippen LogP contribution in [0.3, 0.4) is 0 Å². The highest BCUT2D eigenvalue weighted by atomic mass is 16.7. The standard InChI is InChI=1S/C14H20BNO3/c1-6-7-11-12(17)8-10(9-16-11)15-18-13(2,3)14(4,5)19-15/h6,8-9,17H,1,7H2,2-5H3. The van der Waals surface area contributed by atoms with E-state index >= 15 is 0 Å². The number of hydrogen-bond donors (Lipinski definition) is 1. The van der Waals surface area contributed by atoms with Crippen molar-refractivity contribution in [1.29, 1.82) is 0 Å². The average Bonchev–Trinajstić information content (AvgIpc) is 2.51.